The highest BCUT2D eigenvalue weighted by atomic mass is 79.9. The fourth-order valence-electron chi connectivity index (χ4n) is 1.81. The van der Waals surface area contributed by atoms with E-state index in [1.54, 1.807) is 12.1 Å². The third-order valence-electron chi connectivity index (χ3n) is 2.81. The van der Waals surface area contributed by atoms with Crippen LogP contribution in [-0.2, 0) is 0 Å². The van der Waals surface area contributed by atoms with Crippen LogP contribution in [0, 0.1) is 5.82 Å². The van der Waals surface area contributed by atoms with Crippen LogP contribution >= 0.6 is 27.3 Å². The number of nitrogens with two attached hydrogens (primary N) is 1. The summed E-state index contributed by atoms with van der Waals surface area (Å²) in [7, 11) is 0. The first-order valence-electron chi connectivity index (χ1n) is 5.82. The number of fused-ring (bicyclic) bond motifs is 1. The molecule has 0 saturated carbocycles. The van der Waals surface area contributed by atoms with E-state index in [-0.39, 0.29) is 10.6 Å². The minimum absolute atomic E-state index is 0.0890. The van der Waals surface area contributed by atoms with Gasteiger partial charge in [-0.15, -0.1) is 16.4 Å². The number of halogens is 2. The molecule has 0 atom stereocenters. The number of rotatable bonds is 2. The molecule has 0 spiro atoms. The lowest BCUT2D eigenvalue weighted by molar-refractivity contribution is 0.103. The Balaban J connectivity index is 1.95. The number of amides is 1. The number of nitrogens with one attached hydrogen (secondary N) is 1. The summed E-state index contributed by atoms with van der Waals surface area (Å²) >= 11 is 4.27. The van der Waals surface area contributed by atoms with Crippen LogP contribution in [0.15, 0.2) is 34.9 Å². The third kappa shape index (κ3) is 2.59. The molecule has 0 aliphatic carbocycles. The molecule has 1 aromatic carbocycles. The smallest absolute Gasteiger partial charge is 0.268 e. The minimum atomic E-state index is -0.530. The van der Waals surface area contributed by atoms with E-state index in [0.29, 0.717) is 20.4 Å². The van der Waals surface area contributed by atoms with E-state index in [4.69, 9.17) is 5.73 Å². The summed E-state index contributed by atoms with van der Waals surface area (Å²) in [5, 5.41) is 10.8. The molecule has 3 rings (SSSR count). The second kappa shape index (κ2) is 5.38. The van der Waals surface area contributed by atoms with Crippen LogP contribution in [0.2, 0.25) is 0 Å². The average molecular weight is 367 g/mol. The van der Waals surface area contributed by atoms with Gasteiger partial charge in [-0.1, -0.05) is 15.9 Å². The molecule has 0 radical (unpaired) electrons. The first kappa shape index (κ1) is 13.9. The molecule has 3 aromatic rings. The standard InChI is InChI=1S/C13H8BrFN4OS/c14-6-1-2-9(8(15)5-6)18-12(20)11-10(16)7-3-4-17-19-13(7)21-11/h1-5H,16H2,(H,18,20). The van der Waals surface area contributed by atoms with Gasteiger partial charge in [0.1, 0.15) is 15.5 Å². The van der Waals surface area contributed by atoms with Crippen molar-refractivity contribution in [3.05, 3.63) is 45.6 Å². The van der Waals surface area contributed by atoms with Crippen molar-refractivity contribution in [2.75, 3.05) is 11.1 Å². The number of aromatic nitrogens is 2. The molecular formula is C13H8BrFN4OS. The Morgan fingerprint density at radius 2 is 2.19 bits per heavy atom. The topological polar surface area (TPSA) is 80.9 Å². The van der Waals surface area contributed by atoms with Crippen molar-refractivity contribution in [2.24, 2.45) is 0 Å². The predicted octanol–water partition coefficient (Wildman–Crippen LogP) is 3.43. The number of hydrogen-bond donors (Lipinski definition) is 2. The summed E-state index contributed by atoms with van der Waals surface area (Å²) in [4.78, 5) is 13.1. The normalized spacial score (nSPS) is 10.8. The highest BCUT2D eigenvalue weighted by molar-refractivity contribution is 9.10. The van der Waals surface area contributed by atoms with E-state index in [9.17, 15) is 9.18 Å². The number of nitrogen functional groups attached to an aromatic ring is 1. The van der Waals surface area contributed by atoms with E-state index < -0.39 is 11.7 Å². The number of carbonyl (C=O) groups is 1. The zero-order valence-electron chi connectivity index (χ0n) is 10.4. The number of thiophene rings is 1. The molecule has 21 heavy (non-hydrogen) atoms. The molecular weight excluding hydrogens is 359 g/mol. The maximum absolute atomic E-state index is 13.7. The Morgan fingerprint density at radius 3 is 2.90 bits per heavy atom. The zero-order chi connectivity index (χ0) is 15.0. The van der Waals surface area contributed by atoms with Gasteiger partial charge in [0.25, 0.3) is 5.91 Å². The monoisotopic (exact) mass is 366 g/mol. The van der Waals surface area contributed by atoms with Crippen molar-refractivity contribution in [1.29, 1.82) is 0 Å². The lowest BCUT2D eigenvalue weighted by atomic mass is 10.2. The molecule has 0 saturated heterocycles. The minimum Gasteiger partial charge on any atom is -0.397 e. The van der Waals surface area contributed by atoms with Crippen molar-refractivity contribution in [2.45, 2.75) is 0 Å². The van der Waals surface area contributed by atoms with E-state index >= 15 is 0 Å². The fraction of sp³-hybridized carbons (Fsp3) is 0. The highest BCUT2D eigenvalue weighted by Gasteiger charge is 2.18. The van der Waals surface area contributed by atoms with Crippen LogP contribution in [0.4, 0.5) is 15.8 Å². The largest absolute Gasteiger partial charge is 0.397 e. The maximum atomic E-state index is 13.7. The lowest BCUT2D eigenvalue weighted by Crippen LogP contribution is -2.13. The second-order valence-electron chi connectivity index (χ2n) is 4.17. The Kier molecular flexibility index (Phi) is 3.56. The molecule has 3 N–H and O–H groups in total. The highest BCUT2D eigenvalue weighted by Crippen LogP contribution is 2.32. The van der Waals surface area contributed by atoms with Gasteiger partial charge in [0.2, 0.25) is 0 Å². The number of hydrogen-bond acceptors (Lipinski definition) is 5. The third-order valence-corrected chi connectivity index (χ3v) is 4.40. The Labute approximate surface area is 131 Å². The van der Waals surface area contributed by atoms with Crippen molar-refractivity contribution in [1.82, 2.24) is 10.2 Å². The molecule has 2 aromatic heterocycles. The van der Waals surface area contributed by atoms with E-state index in [2.05, 4.69) is 31.4 Å². The van der Waals surface area contributed by atoms with E-state index in [0.717, 1.165) is 11.3 Å². The van der Waals surface area contributed by atoms with Crippen LogP contribution in [0.3, 0.4) is 0 Å². The molecule has 106 valence electrons. The summed E-state index contributed by atoms with van der Waals surface area (Å²) in [6.45, 7) is 0. The summed E-state index contributed by atoms with van der Waals surface area (Å²) in [6.07, 6.45) is 1.50. The Hall–Kier alpha value is -2.06. The Morgan fingerprint density at radius 1 is 1.38 bits per heavy atom. The molecule has 0 fully saturated rings. The molecule has 5 nitrogen and oxygen atoms in total. The molecule has 8 heteroatoms. The van der Waals surface area contributed by atoms with Gasteiger partial charge in [0.05, 0.1) is 17.6 Å². The second-order valence-corrected chi connectivity index (χ2v) is 6.09. The molecule has 0 unspecified atom stereocenters. The molecule has 0 aliphatic rings. The van der Waals surface area contributed by atoms with E-state index in [1.807, 2.05) is 0 Å². The van der Waals surface area contributed by atoms with Crippen LogP contribution in [0.25, 0.3) is 10.2 Å². The van der Waals surface area contributed by atoms with Gasteiger partial charge in [-0.3, -0.25) is 4.79 Å². The number of anilines is 2. The van der Waals surface area contributed by atoms with Gasteiger partial charge in [-0.25, -0.2) is 4.39 Å². The fourth-order valence-corrected chi connectivity index (χ4v) is 3.08. The number of nitrogens with zero attached hydrogens (tertiary/aromatic N) is 2. The first-order valence-corrected chi connectivity index (χ1v) is 7.43. The Bertz CT molecular complexity index is 851. The summed E-state index contributed by atoms with van der Waals surface area (Å²) in [6, 6.07) is 6.07. The molecule has 1 amide bonds. The van der Waals surface area contributed by atoms with Crippen molar-refractivity contribution < 1.29 is 9.18 Å². The van der Waals surface area contributed by atoms with E-state index in [1.165, 1.54) is 18.3 Å². The van der Waals surface area contributed by atoms with Crippen molar-refractivity contribution in [3.63, 3.8) is 0 Å². The molecule has 2 heterocycles. The summed E-state index contributed by atoms with van der Waals surface area (Å²) in [5.41, 5.74) is 6.34. The van der Waals surface area contributed by atoms with Crippen LogP contribution in [0.5, 0.6) is 0 Å². The zero-order valence-corrected chi connectivity index (χ0v) is 12.8. The van der Waals surface area contributed by atoms with Crippen LogP contribution in [-0.4, -0.2) is 16.1 Å². The number of carbonyl (C=O) groups excluding carboxylic acids is 1. The quantitative estimate of drug-likeness (QED) is 0.727. The number of benzene rings is 1. The first-order chi connectivity index (χ1) is 10.1. The maximum Gasteiger partial charge on any atom is 0.268 e. The van der Waals surface area contributed by atoms with Gasteiger partial charge in [0, 0.05) is 9.86 Å². The molecule has 0 bridgehead atoms. The van der Waals surface area contributed by atoms with Gasteiger partial charge in [-0.05, 0) is 24.3 Å². The van der Waals surface area contributed by atoms with Crippen molar-refractivity contribution >= 4 is 54.8 Å². The van der Waals surface area contributed by atoms with Crippen molar-refractivity contribution in [3.8, 4) is 0 Å². The van der Waals surface area contributed by atoms with Gasteiger partial charge >= 0.3 is 0 Å². The van der Waals surface area contributed by atoms with Gasteiger partial charge < -0.3 is 11.1 Å². The van der Waals surface area contributed by atoms with Crippen LogP contribution < -0.4 is 11.1 Å². The van der Waals surface area contributed by atoms with Crippen LogP contribution in [0.1, 0.15) is 9.67 Å². The average Bonchev–Trinajstić information content (AvgIpc) is 2.80. The SMILES string of the molecule is Nc1c(C(=O)Nc2ccc(Br)cc2F)sc2nnccc12. The molecule has 0 aliphatic heterocycles. The predicted molar refractivity (Wildman–Crippen MR) is 83.9 cm³/mol. The van der Waals surface area contributed by atoms with Gasteiger partial charge in [0.15, 0.2) is 0 Å². The summed E-state index contributed by atoms with van der Waals surface area (Å²) in [5.74, 6) is -1.01. The summed E-state index contributed by atoms with van der Waals surface area (Å²) < 4.78 is 14.3. The lowest BCUT2D eigenvalue weighted by Gasteiger charge is -2.06. The van der Waals surface area contributed by atoms with Gasteiger partial charge in [-0.2, -0.15) is 5.10 Å².